The fourth-order valence-corrected chi connectivity index (χ4v) is 3.11. The van der Waals surface area contributed by atoms with Gasteiger partial charge in [-0.25, -0.2) is 4.79 Å². The molecule has 1 atom stereocenters. The number of ether oxygens (including phenoxy) is 1. The average Bonchev–Trinajstić information content (AvgIpc) is 3.13. The molecule has 3 rings (SSSR count). The topological polar surface area (TPSA) is 112 Å². The number of benzene rings is 1. The number of carbonyl (C=O) groups excluding carboxylic acids is 1. The zero-order valence-corrected chi connectivity index (χ0v) is 13.8. The summed E-state index contributed by atoms with van der Waals surface area (Å²) in [7, 11) is -2.65. The molecule has 24 heavy (non-hydrogen) atoms. The lowest BCUT2D eigenvalue weighted by Crippen LogP contribution is -2.27. The maximum absolute atomic E-state index is 12.0. The van der Waals surface area contributed by atoms with Crippen molar-refractivity contribution in [3.05, 3.63) is 30.2 Å². The third-order valence-corrected chi connectivity index (χ3v) is 4.75. The van der Waals surface area contributed by atoms with E-state index in [2.05, 4.69) is 14.3 Å². The Morgan fingerprint density at radius 1 is 1.42 bits per heavy atom. The van der Waals surface area contributed by atoms with Crippen molar-refractivity contribution in [1.82, 2.24) is 10.1 Å². The van der Waals surface area contributed by atoms with E-state index in [1.54, 1.807) is 31.2 Å². The summed E-state index contributed by atoms with van der Waals surface area (Å²) in [6.45, 7) is 1.79. The fourth-order valence-electron chi connectivity index (χ4n) is 2.34. The minimum absolute atomic E-state index is 0.107. The van der Waals surface area contributed by atoms with Crippen molar-refractivity contribution in [3.63, 3.8) is 0 Å². The van der Waals surface area contributed by atoms with Crippen molar-refractivity contribution >= 4 is 21.9 Å². The Morgan fingerprint density at radius 2 is 2.21 bits per heavy atom. The van der Waals surface area contributed by atoms with E-state index in [-0.39, 0.29) is 6.54 Å². The van der Waals surface area contributed by atoms with Gasteiger partial charge in [0.15, 0.2) is 0 Å². The molecular weight excluding hydrogens is 338 g/mol. The van der Waals surface area contributed by atoms with Gasteiger partial charge in [-0.05, 0) is 12.1 Å². The molecule has 0 bridgehead atoms. The SMILES string of the molecule is COS(=O)(=O)CC1CN(c2cccc(-c3noc(C)n3)c2)C(=O)O1. The standard InChI is InChI=1S/C14H15N3O6S/c1-9-15-13(16-23-9)10-4-3-5-11(6-10)17-7-12(22-14(17)18)8-24(19,20)21-2/h3-6,12H,7-8H2,1-2H3. The molecule has 0 radical (unpaired) electrons. The Balaban J connectivity index is 1.81. The summed E-state index contributed by atoms with van der Waals surface area (Å²) in [6.07, 6.45) is -1.41. The van der Waals surface area contributed by atoms with Crippen molar-refractivity contribution in [3.8, 4) is 11.4 Å². The molecule has 1 aromatic carbocycles. The van der Waals surface area contributed by atoms with Gasteiger partial charge in [0.1, 0.15) is 11.9 Å². The van der Waals surface area contributed by atoms with Crippen LogP contribution in [0.3, 0.4) is 0 Å². The van der Waals surface area contributed by atoms with Crippen LogP contribution in [-0.4, -0.2) is 50.2 Å². The van der Waals surface area contributed by atoms with Gasteiger partial charge in [-0.3, -0.25) is 9.08 Å². The molecule has 9 nitrogen and oxygen atoms in total. The summed E-state index contributed by atoms with van der Waals surface area (Å²) in [5, 5.41) is 3.83. The smallest absolute Gasteiger partial charge is 0.414 e. The van der Waals surface area contributed by atoms with Crippen molar-refractivity contribution in [2.24, 2.45) is 0 Å². The highest BCUT2D eigenvalue weighted by atomic mass is 32.2. The maximum atomic E-state index is 12.0. The lowest BCUT2D eigenvalue weighted by atomic mass is 10.2. The highest BCUT2D eigenvalue weighted by Gasteiger charge is 2.35. The van der Waals surface area contributed by atoms with E-state index < -0.39 is 28.1 Å². The van der Waals surface area contributed by atoms with Gasteiger partial charge in [-0.15, -0.1) is 0 Å². The molecule has 1 saturated heterocycles. The van der Waals surface area contributed by atoms with Crippen LogP contribution < -0.4 is 4.90 Å². The zero-order chi connectivity index (χ0) is 17.3. The molecule has 10 heteroatoms. The number of rotatable bonds is 5. The number of hydrogen-bond acceptors (Lipinski definition) is 8. The maximum Gasteiger partial charge on any atom is 0.414 e. The zero-order valence-electron chi connectivity index (χ0n) is 13.0. The quantitative estimate of drug-likeness (QED) is 0.740. The molecule has 0 aliphatic carbocycles. The van der Waals surface area contributed by atoms with Gasteiger partial charge in [0, 0.05) is 18.2 Å². The molecule has 128 valence electrons. The summed E-state index contributed by atoms with van der Waals surface area (Å²) in [5.74, 6) is 0.441. The normalized spacial score (nSPS) is 18.0. The van der Waals surface area contributed by atoms with Gasteiger partial charge in [-0.1, -0.05) is 17.3 Å². The number of hydrogen-bond donors (Lipinski definition) is 0. The monoisotopic (exact) mass is 353 g/mol. The number of aryl methyl sites for hydroxylation is 1. The van der Waals surface area contributed by atoms with Gasteiger partial charge in [-0.2, -0.15) is 13.4 Å². The van der Waals surface area contributed by atoms with E-state index in [0.29, 0.717) is 23.0 Å². The van der Waals surface area contributed by atoms with Crippen LogP contribution in [0.1, 0.15) is 5.89 Å². The van der Waals surface area contributed by atoms with Gasteiger partial charge in [0.2, 0.25) is 11.7 Å². The predicted octanol–water partition coefficient (Wildman–Crippen LogP) is 1.35. The number of anilines is 1. The van der Waals surface area contributed by atoms with Crippen molar-refractivity contribution < 1.29 is 26.7 Å². The first-order valence-corrected chi connectivity index (χ1v) is 8.63. The highest BCUT2D eigenvalue weighted by molar-refractivity contribution is 7.86. The summed E-state index contributed by atoms with van der Waals surface area (Å²) >= 11 is 0. The molecule has 1 unspecified atom stereocenters. The first kappa shape index (κ1) is 16.4. The van der Waals surface area contributed by atoms with E-state index in [0.717, 1.165) is 7.11 Å². The molecular formula is C14H15N3O6S. The Labute approximate surface area is 138 Å². The molecule has 0 saturated carbocycles. The Hall–Kier alpha value is -2.46. The predicted molar refractivity (Wildman–Crippen MR) is 82.9 cm³/mol. The largest absolute Gasteiger partial charge is 0.443 e. The molecule has 1 aromatic heterocycles. The van der Waals surface area contributed by atoms with Crippen LogP contribution in [0.2, 0.25) is 0 Å². The van der Waals surface area contributed by atoms with Crippen LogP contribution in [0.4, 0.5) is 10.5 Å². The van der Waals surface area contributed by atoms with E-state index in [9.17, 15) is 13.2 Å². The van der Waals surface area contributed by atoms with Crippen molar-refractivity contribution in [2.45, 2.75) is 13.0 Å². The van der Waals surface area contributed by atoms with Crippen LogP contribution in [-0.2, 0) is 19.0 Å². The first-order valence-electron chi connectivity index (χ1n) is 7.05. The van der Waals surface area contributed by atoms with Gasteiger partial charge >= 0.3 is 6.09 Å². The van der Waals surface area contributed by atoms with Crippen molar-refractivity contribution in [1.29, 1.82) is 0 Å². The summed E-state index contributed by atoms with van der Waals surface area (Å²) < 4.78 is 37.4. The molecule has 1 aliphatic rings. The average molecular weight is 353 g/mol. The third-order valence-electron chi connectivity index (χ3n) is 3.46. The van der Waals surface area contributed by atoms with E-state index in [4.69, 9.17) is 9.26 Å². The lowest BCUT2D eigenvalue weighted by Gasteiger charge is -2.13. The second kappa shape index (κ2) is 6.21. The second-order valence-corrected chi connectivity index (χ2v) is 6.98. The number of nitrogens with zero attached hydrogens (tertiary/aromatic N) is 3. The third kappa shape index (κ3) is 3.39. The van der Waals surface area contributed by atoms with Crippen LogP contribution in [0.15, 0.2) is 28.8 Å². The number of aromatic nitrogens is 2. The van der Waals surface area contributed by atoms with E-state index in [1.807, 2.05) is 0 Å². The second-order valence-electron chi connectivity index (χ2n) is 5.19. The van der Waals surface area contributed by atoms with Gasteiger partial charge in [0.05, 0.1) is 13.7 Å². The number of amides is 1. The number of cyclic esters (lactones) is 1. The van der Waals surface area contributed by atoms with Crippen LogP contribution in [0, 0.1) is 6.92 Å². The Bertz CT molecular complexity index is 863. The highest BCUT2D eigenvalue weighted by Crippen LogP contribution is 2.26. The van der Waals surface area contributed by atoms with Crippen molar-refractivity contribution in [2.75, 3.05) is 24.3 Å². The molecule has 1 aliphatic heterocycles. The molecule has 0 spiro atoms. The van der Waals surface area contributed by atoms with Gasteiger partial charge < -0.3 is 9.26 Å². The fraction of sp³-hybridized carbons (Fsp3) is 0.357. The Kier molecular flexibility index (Phi) is 4.24. The number of carbonyl (C=O) groups is 1. The van der Waals surface area contributed by atoms with Crippen LogP contribution in [0.5, 0.6) is 0 Å². The summed E-state index contributed by atoms with van der Waals surface area (Å²) in [5.41, 5.74) is 1.22. The van der Waals surface area contributed by atoms with E-state index >= 15 is 0 Å². The molecule has 1 fully saturated rings. The van der Waals surface area contributed by atoms with Gasteiger partial charge in [0.25, 0.3) is 10.1 Å². The Morgan fingerprint density at radius 3 is 2.88 bits per heavy atom. The molecule has 2 aromatic rings. The lowest BCUT2D eigenvalue weighted by molar-refractivity contribution is 0.150. The molecule has 2 heterocycles. The van der Waals surface area contributed by atoms with E-state index in [1.165, 1.54) is 4.90 Å². The van der Waals surface area contributed by atoms with Crippen LogP contribution in [0.25, 0.3) is 11.4 Å². The molecule has 1 amide bonds. The minimum atomic E-state index is -3.72. The minimum Gasteiger partial charge on any atom is -0.443 e. The summed E-state index contributed by atoms with van der Waals surface area (Å²) in [4.78, 5) is 17.5. The first-order chi connectivity index (χ1) is 11.4. The van der Waals surface area contributed by atoms with Crippen LogP contribution >= 0.6 is 0 Å². The summed E-state index contributed by atoms with van der Waals surface area (Å²) in [6, 6.07) is 6.94. The molecule has 0 N–H and O–H groups in total.